The number of primary amides is 1. The first-order valence-corrected chi connectivity index (χ1v) is 6.98. The van der Waals surface area contributed by atoms with Gasteiger partial charge >= 0.3 is 0 Å². The molecular weight excluding hydrogens is 254 g/mol. The van der Waals surface area contributed by atoms with Crippen molar-refractivity contribution < 1.29 is 9.59 Å². The molecule has 5 nitrogen and oxygen atoms in total. The maximum Gasteiger partial charge on any atom is 0.223 e. The van der Waals surface area contributed by atoms with E-state index in [9.17, 15) is 9.59 Å². The van der Waals surface area contributed by atoms with Gasteiger partial charge in [-0.3, -0.25) is 9.59 Å². The molecule has 1 aliphatic rings. The monoisotopic (exact) mass is 275 g/mol. The van der Waals surface area contributed by atoms with Crippen LogP contribution >= 0.6 is 0 Å². The summed E-state index contributed by atoms with van der Waals surface area (Å²) in [5.41, 5.74) is 6.48. The summed E-state index contributed by atoms with van der Waals surface area (Å²) in [4.78, 5) is 24.5. The Morgan fingerprint density at radius 2 is 2.10 bits per heavy atom. The molecule has 3 N–H and O–H groups in total. The first kappa shape index (κ1) is 14.5. The van der Waals surface area contributed by atoms with E-state index in [1.807, 2.05) is 18.2 Å². The van der Waals surface area contributed by atoms with Crippen molar-refractivity contribution in [3.63, 3.8) is 0 Å². The van der Waals surface area contributed by atoms with Crippen LogP contribution in [0.4, 0.5) is 0 Å². The van der Waals surface area contributed by atoms with Gasteiger partial charge in [0.2, 0.25) is 11.8 Å². The third kappa shape index (κ3) is 4.06. The van der Waals surface area contributed by atoms with E-state index in [4.69, 9.17) is 5.73 Å². The molecule has 2 amide bonds. The lowest BCUT2D eigenvalue weighted by atomic mass is 10.1. The van der Waals surface area contributed by atoms with Crippen molar-refractivity contribution in [2.24, 2.45) is 11.7 Å². The molecule has 5 heteroatoms. The summed E-state index contributed by atoms with van der Waals surface area (Å²) in [5.74, 6) is -0.639. The minimum absolute atomic E-state index is 0.0388. The van der Waals surface area contributed by atoms with Gasteiger partial charge in [0.05, 0.1) is 5.92 Å². The Bertz CT molecular complexity index is 461. The fourth-order valence-corrected chi connectivity index (χ4v) is 2.40. The molecule has 1 fully saturated rings. The second-order valence-corrected chi connectivity index (χ2v) is 5.16. The summed E-state index contributed by atoms with van der Waals surface area (Å²) >= 11 is 0. The van der Waals surface area contributed by atoms with E-state index in [0.29, 0.717) is 13.1 Å². The molecule has 0 saturated carbocycles. The van der Waals surface area contributed by atoms with Crippen molar-refractivity contribution in [2.45, 2.75) is 19.4 Å². The number of nitrogens with zero attached hydrogens (tertiary/aromatic N) is 1. The highest BCUT2D eigenvalue weighted by Crippen LogP contribution is 2.17. The zero-order valence-corrected chi connectivity index (χ0v) is 11.5. The molecule has 108 valence electrons. The van der Waals surface area contributed by atoms with Crippen LogP contribution < -0.4 is 11.1 Å². The summed E-state index contributed by atoms with van der Waals surface area (Å²) in [7, 11) is 0. The lowest BCUT2D eigenvalue weighted by Gasteiger charge is -2.16. The quantitative estimate of drug-likeness (QED) is 0.712. The molecule has 0 aliphatic carbocycles. The number of hydrogen-bond acceptors (Lipinski definition) is 3. The van der Waals surface area contributed by atoms with Gasteiger partial charge in [-0.05, 0) is 18.5 Å². The molecule has 0 radical (unpaired) electrons. The van der Waals surface area contributed by atoms with Crippen molar-refractivity contribution in [3.05, 3.63) is 35.9 Å². The average molecular weight is 275 g/mol. The number of nitrogens with two attached hydrogens (primary N) is 1. The first-order chi connectivity index (χ1) is 9.66. The molecule has 2 rings (SSSR count). The Labute approximate surface area is 119 Å². The second kappa shape index (κ2) is 7.05. The number of amides is 2. The topological polar surface area (TPSA) is 75.4 Å². The summed E-state index contributed by atoms with van der Waals surface area (Å²) in [6.07, 6.45) is 1.15. The van der Waals surface area contributed by atoms with Gasteiger partial charge in [0.15, 0.2) is 0 Å². The van der Waals surface area contributed by atoms with Crippen molar-refractivity contribution in [1.82, 2.24) is 10.2 Å². The van der Waals surface area contributed by atoms with Crippen LogP contribution in [0.2, 0.25) is 0 Å². The number of carbonyl (C=O) groups excluding carboxylic acids is 2. The number of likely N-dealkylation sites (tertiary alicyclic amines) is 1. The van der Waals surface area contributed by atoms with E-state index in [1.165, 1.54) is 5.56 Å². The predicted molar refractivity (Wildman–Crippen MR) is 76.6 cm³/mol. The summed E-state index contributed by atoms with van der Waals surface area (Å²) in [6.45, 7) is 2.84. The molecule has 1 heterocycles. The number of hydrogen-bond donors (Lipinski definition) is 2. The normalized spacial score (nSPS) is 18.5. The van der Waals surface area contributed by atoms with Gasteiger partial charge in [-0.1, -0.05) is 30.3 Å². The lowest BCUT2D eigenvalue weighted by molar-refractivity contribution is -0.128. The maximum atomic E-state index is 11.7. The van der Waals surface area contributed by atoms with E-state index >= 15 is 0 Å². The molecule has 0 spiro atoms. The van der Waals surface area contributed by atoms with Crippen molar-refractivity contribution in [3.8, 4) is 0 Å². The first-order valence-electron chi connectivity index (χ1n) is 6.98. The zero-order chi connectivity index (χ0) is 14.4. The van der Waals surface area contributed by atoms with Crippen molar-refractivity contribution in [1.29, 1.82) is 0 Å². The highest BCUT2D eigenvalue weighted by molar-refractivity contribution is 5.88. The fraction of sp³-hybridized carbons (Fsp3) is 0.467. The fourth-order valence-electron chi connectivity index (χ4n) is 2.40. The standard InChI is InChI=1S/C15H21N3O2/c16-15(20)13-9-14(19)18(11-13)8-4-7-17-10-12-5-2-1-3-6-12/h1-3,5-6,13,17H,4,7-11H2,(H2,16,20). The van der Waals surface area contributed by atoms with Crippen LogP contribution in [0.25, 0.3) is 0 Å². The van der Waals surface area contributed by atoms with Crippen molar-refractivity contribution >= 4 is 11.8 Å². The Morgan fingerprint density at radius 1 is 1.35 bits per heavy atom. The van der Waals surface area contributed by atoms with Crippen molar-refractivity contribution in [2.75, 3.05) is 19.6 Å². The summed E-state index contributed by atoms with van der Waals surface area (Å²) in [5, 5.41) is 3.34. The maximum absolute atomic E-state index is 11.7. The van der Waals surface area contributed by atoms with Gasteiger partial charge in [0, 0.05) is 26.1 Å². The number of rotatable bonds is 7. The Kier molecular flexibility index (Phi) is 5.12. The third-order valence-electron chi connectivity index (χ3n) is 3.57. The van der Waals surface area contributed by atoms with E-state index < -0.39 is 0 Å². The summed E-state index contributed by atoms with van der Waals surface area (Å²) < 4.78 is 0. The highest BCUT2D eigenvalue weighted by Gasteiger charge is 2.32. The van der Waals surface area contributed by atoms with Crippen LogP contribution in [-0.4, -0.2) is 36.3 Å². The summed E-state index contributed by atoms with van der Waals surface area (Å²) in [6, 6.07) is 10.2. The molecule has 1 aromatic rings. The molecule has 1 aromatic carbocycles. The number of nitrogens with one attached hydrogen (secondary N) is 1. The Morgan fingerprint density at radius 3 is 2.75 bits per heavy atom. The highest BCUT2D eigenvalue weighted by atomic mass is 16.2. The second-order valence-electron chi connectivity index (χ2n) is 5.16. The zero-order valence-electron chi connectivity index (χ0n) is 11.5. The third-order valence-corrected chi connectivity index (χ3v) is 3.57. The van der Waals surface area contributed by atoms with E-state index in [-0.39, 0.29) is 24.2 Å². The van der Waals surface area contributed by atoms with Gasteiger partial charge in [-0.25, -0.2) is 0 Å². The van der Waals surface area contributed by atoms with Gasteiger partial charge < -0.3 is 16.0 Å². The van der Waals surface area contributed by atoms with Crippen LogP contribution in [0.3, 0.4) is 0 Å². The average Bonchev–Trinajstić information content (AvgIpc) is 2.81. The molecule has 1 unspecified atom stereocenters. The minimum atomic E-state index is -0.372. The van der Waals surface area contributed by atoms with Crippen LogP contribution in [-0.2, 0) is 16.1 Å². The molecule has 20 heavy (non-hydrogen) atoms. The van der Waals surface area contributed by atoms with Crippen LogP contribution in [0.5, 0.6) is 0 Å². The van der Waals surface area contributed by atoms with Crippen LogP contribution in [0.15, 0.2) is 30.3 Å². The predicted octanol–water partition coefficient (Wildman–Crippen LogP) is 0.500. The molecule has 1 atom stereocenters. The van der Waals surface area contributed by atoms with E-state index in [0.717, 1.165) is 19.5 Å². The van der Waals surface area contributed by atoms with Gasteiger partial charge in [-0.15, -0.1) is 0 Å². The molecule has 1 saturated heterocycles. The molecule has 0 aromatic heterocycles. The molecular formula is C15H21N3O2. The largest absolute Gasteiger partial charge is 0.369 e. The lowest BCUT2D eigenvalue weighted by Crippen LogP contribution is -2.30. The van der Waals surface area contributed by atoms with Gasteiger partial charge in [0.1, 0.15) is 0 Å². The Balaban J connectivity index is 1.62. The minimum Gasteiger partial charge on any atom is -0.369 e. The van der Waals surface area contributed by atoms with E-state index in [2.05, 4.69) is 17.4 Å². The molecule has 0 bridgehead atoms. The molecule has 1 aliphatic heterocycles. The number of benzene rings is 1. The number of carbonyl (C=O) groups is 2. The van der Waals surface area contributed by atoms with Gasteiger partial charge in [0.25, 0.3) is 0 Å². The van der Waals surface area contributed by atoms with E-state index in [1.54, 1.807) is 4.90 Å². The van der Waals surface area contributed by atoms with Gasteiger partial charge in [-0.2, -0.15) is 0 Å². The van der Waals surface area contributed by atoms with Crippen LogP contribution in [0, 0.1) is 5.92 Å². The SMILES string of the molecule is NC(=O)C1CC(=O)N(CCCNCc2ccccc2)C1. The Hall–Kier alpha value is -1.88. The smallest absolute Gasteiger partial charge is 0.223 e. The van der Waals surface area contributed by atoms with Crippen LogP contribution in [0.1, 0.15) is 18.4 Å².